The van der Waals surface area contributed by atoms with Gasteiger partial charge in [-0.25, -0.2) is 0 Å². The molecule has 1 aliphatic rings. The largest absolute Gasteiger partial charge is 0.493 e. The standard InChI is InChI=1S/C30H34N4O3S/c1-21(2)20-37-26-14-8-23(9-15-26)28(35)32-30(38)31-24-10-12-25(13-11-24)33-16-18-34(19-17-33)29(36)27-7-5-4-6-22(27)3/h4-15,21H,16-20H2,1-3H3,(H2,31,32,35,38). The first-order valence-electron chi connectivity index (χ1n) is 12.9. The van der Waals surface area contributed by atoms with Crippen molar-refractivity contribution in [2.24, 2.45) is 5.92 Å². The summed E-state index contributed by atoms with van der Waals surface area (Å²) in [4.78, 5) is 29.6. The van der Waals surface area contributed by atoms with Gasteiger partial charge in [-0.05, 0) is 85.2 Å². The van der Waals surface area contributed by atoms with Crippen LogP contribution in [0.3, 0.4) is 0 Å². The number of thiocarbonyl (C=S) groups is 1. The first-order chi connectivity index (χ1) is 18.3. The van der Waals surface area contributed by atoms with E-state index in [1.807, 2.05) is 60.4 Å². The fraction of sp³-hybridized carbons (Fsp3) is 0.300. The molecule has 0 bridgehead atoms. The van der Waals surface area contributed by atoms with Crippen molar-refractivity contribution < 1.29 is 14.3 Å². The highest BCUT2D eigenvalue weighted by Crippen LogP contribution is 2.21. The second-order valence-corrected chi connectivity index (χ2v) is 10.2. The van der Waals surface area contributed by atoms with Crippen molar-refractivity contribution >= 4 is 40.5 Å². The Hall–Kier alpha value is -3.91. The van der Waals surface area contributed by atoms with Gasteiger partial charge in [0.15, 0.2) is 5.11 Å². The van der Waals surface area contributed by atoms with Crippen LogP contribution >= 0.6 is 12.2 Å². The third kappa shape index (κ3) is 7.10. The Kier molecular flexibility index (Phi) is 8.97. The average molecular weight is 531 g/mol. The molecule has 1 aliphatic heterocycles. The molecule has 0 atom stereocenters. The molecule has 8 heteroatoms. The maximum atomic E-state index is 12.9. The molecule has 1 heterocycles. The maximum absolute atomic E-state index is 12.9. The predicted molar refractivity (Wildman–Crippen MR) is 156 cm³/mol. The zero-order chi connectivity index (χ0) is 27.1. The normalized spacial score (nSPS) is 13.3. The number of ether oxygens (including phenoxy) is 1. The number of aryl methyl sites for hydroxylation is 1. The van der Waals surface area contributed by atoms with Crippen LogP contribution in [-0.4, -0.2) is 54.6 Å². The van der Waals surface area contributed by atoms with Crippen LogP contribution in [0.4, 0.5) is 11.4 Å². The molecule has 0 radical (unpaired) electrons. The molecule has 3 aromatic carbocycles. The van der Waals surface area contributed by atoms with E-state index in [1.165, 1.54) is 0 Å². The minimum absolute atomic E-state index is 0.0910. The minimum Gasteiger partial charge on any atom is -0.493 e. The summed E-state index contributed by atoms with van der Waals surface area (Å²) in [5, 5.41) is 6.01. The molecule has 4 rings (SSSR count). The monoisotopic (exact) mass is 530 g/mol. The van der Waals surface area contributed by atoms with Crippen molar-refractivity contribution in [1.29, 1.82) is 0 Å². The van der Waals surface area contributed by atoms with Gasteiger partial charge < -0.3 is 19.9 Å². The summed E-state index contributed by atoms with van der Waals surface area (Å²) in [6.07, 6.45) is 0. The Morgan fingerprint density at radius 1 is 0.921 bits per heavy atom. The number of rotatable bonds is 7. The summed E-state index contributed by atoms with van der Waals surface area (Å²) in [7, 11) is 0. The van der Waals surface area contributed by atoms with E-state index in [-0.39, 0.29) is 16.9 Å². The fourth-order valence-corrected chi connectivity index (χ4v) is 4.42. The van der Waals surface area contributed by atoms with Crippen molar-refractivity contribution in [2.75, 3.05) is 43.0 Å². The third-order valence-corrected chi connectivity index (χ3v) is 6.56. The molecule has 0 unspecified atom stereocenters. The molecule has 2 amide bonds. The minimum atomic E-state index is -0.285. The van der Waals surface area contributed by atoms with Crippen LogP contribution in [-0.2, 0) is 0 Å². The SMILES string of the molecule is Cc1ccccc1C(=O)N1CCN(c2ccc(NC(=S)NC(=O)c3ccc(OCC(C)C)cc3)cc2)CC1. The molecule has 2 N–H and O–H groups in total. The highest BCUT2D eigenvalue weighted by Gasteiger charge is 2.23. The lowest BCUT2D eigenvalue weighted by Gasteiger charge is -2.36. The van der Waals surface area contributed by atoms with Crippen LogP contribution in [0, 0.1) is 12.8 Å². The molecular weight excluding hydrogens is 496 g/mol. The van der Waals surface area contributed by atoms with Crippen LogP contribution in [0.15, 0.2) is 72.8 Å². The topological polar surface area (TPSA) is 73.9 Å². The van der Waals surface area contributed by atoms with Gasteiger partial charge >= 0.3 is 0 Å². The molecule has 0 spiro atoms. The molecule has 0 saturated carbocycles. The summed E-state index contributed by atoms with van der Waals surface area (Å²) in [6, 6.07) is 22.6. The Morgan fingerprint density at radius 2 is 1.58 bits per heavy atom. The van der Waals surface area contributed by atoms with Crippen molar-refractivity contribution in [2.45, 2.75) is 20.8 Å². The Labute approximate surface area is 229 Å². The highest BCUT2D eigenvalue weighted by molar-refractivity contribution is 7.80. The number of carbonyl (C=O) groups is 2. The molecule has 38 heavy (non-hydrogen) atoms. The van der Waals surface area contributed by atoms with Gasteiger partial charge in [-0.2, -0.15) is 0 Å². The number of hydrogen-bond donors (Lipinski definition) is 2. The van der Waals surface area contributed by atoms with E-state index >= 15 is 0 Å². The number of amides is 2. The van der Waals surface area contributed by atoms with E-state index in [9.17, 15) is 9.59 Å². The maximum Gasteiger partial charge on any atom is 0.257 e. The van der Waals surface area contributed by atoms with E-state index in [2.05, 4.69) is 29.4 Å². The third-order valence-electron chi connectivity index (χ3n) is 6.36. The van der Waals surface area contributed by atoms with Crippen molar-refractivity contribution in [3.63, 3.8) is 0 Å². The molecular formula is C30H34N4O3S. The summed E-state index contributed by atoms with van der Waals surface area (Å²) >= 11 is 5.34. The van der Waals surface area contributed by atoms with Crippen LogP contribution < -0.4 is 20.3 Å². The Bertz CT molecular complexity index is 1270. The summed E-state index contributed by atoms with van der Waals surface area (Å²) in [5.41, 5.74) is 4.13. The van der Waals surface area contributed by atoms with Crippen LogP contribution in [0.5, 0.6) is 5.75 Å². The number of anilines is 2. The van der Waals surface area contributed by atoms with E-state index in [0.29, 0.717) is 31.2 Å². The second kappa shape index (κ2) is 12.6. The number of nitrogens with one attached hydrogen (secondary N) is 2. The van der Waals surface area contributed by atoms with Gasteiger partial charge in [0.2, 0.25) is 0 Å². The van der Waals surface area contributed by atoms with E-state index in [4.69, 9.17) is 17.0 Å². The smallest absolute Gasteiger partial charge is 0.257 e. The van der Waals surface area contributed by atoms with Gasteiger partial charge in [-0.3, -0.25) is 14.9 Å². The van der Waals surface area contributed by atoms with Gasteiger partial charge in [0, 0.05) is 48.7 Å². The number of hydrogen-bond acceptors (Lipinski definition) is 5. The van der Waals surface area contributed by atoms with Crippen LogP contribution in [0.1, 0.15) is 40.1 Å². The molecule has 3 aromatic rings. The lowest BCUT2D eigenvalue weighted by molar-refractivity contribution is 0.0746. The number of carbonyl (C=O) groups excluding carboxylic acids is 2. The molecule has 7 nitrogen and oxygen atoms in total. The van der Waals surface area contributed by atoms with Crippen molar-refractivity contribution in [3.8, 4) is 5.75 Å². The summed E-state index contributed by atoms with van der Waals surface area (Å²) < 4.78 is 5.66. The van der Waals surface area contributed by atoms with E-state index < -0.39 is 0 Å². The number of piperazine rings is 1. The van der Waals surface area contributed by atoms with Gasteiger partial charge in [-0.1, -0.05) is 32.0 Å². The Balaban J connectivity index is 1.25. The lowest BCUT2D eigenvalue weighted by Crippen LogP contribution is -2.48. The zero-order valence-electron chi connectivity index (χ0n) is 22.1. The summed E-state index contributed by atoms with van der Waals surface area (Å²) in [6.45, 7) is 9.64. The van der Waals surface area contributed by atoms with Crippen molar-refractivity contribution in [3.05, 3.63) is 89.5 Å². The molecule has 0 aliphatic carbocycles. The molecule has 0 aromatic heterocycles. The van der Waals surface area contributed by atoms with Crippen molar-refractivity contribution in [1.82, 2.24) is 10.2 Å². The van der Waals surface area contributed by atoms with Gasteiger partial charge in [0.05, 0.1) is 6.61 Å². The summed E-state index contributed by atoms with van der Waals surface area (Å²) in [5.74, 6) is 0.969. The number of benzene rings is 3. The first-order valence-corrected chi connectivity index (χ1v) is 13.3. The van der Waals surface area contributed by atoms with Gasteiger partial charge in [-0.15, -0.1) is 0 Å². The van der Waals surface area contributed by atoms with E-state index in [1.54, 1.807) is 24.3 Å². The Morgan fingerprint density at radius 3 is 2.21 bits per heavy atom. The molecule has 1 saturated heterocycles. The highest BCUT2D eigenvalue weighted by atomic mass is 32.1. The van der Waals surface area contributed by atoms with Crippen LogP contribution in [0.2, 0.25) is 0 Å². The zero-order valence-corrected chi connectivity index (χ0v) is 22.9. The molecule has 198 valence electrons. The second-order valence-electron chi connectivity index (χ2n) is 9.78. The number of nitrogens with zero attached hydrogens (tertiary/aromatic N) is 2. The first kappa shape index (κ1) is 27.1. The van der Waals surface area contributed by atoms with Gasteiger partial charge in [0.1, 0.15) is 5.75 Å². The average Bonchev–Trinajstić information content (AvgIpc) is 2.92. The van der Waals surface area contributed by atoms with Gasteiger partial charge in [0.25, 0.3) is 11.8 Å². The lowest BCUT2D eigenvalue weighted by atomic mass is 10.1. The fourth-order valence-electron chi connectivity index (χ4n) is 4.21. The van der Waals surface area contributed by atoms with E-state index in [0.717, 1.165) is 41.3 Å². The van der Waals surface area contributed by atoms with Crippen LogP contribution in [0.25, 0.3) is 0 Å². The molecule has 1 fully saturated rings. The predicted octanol–water partition coefficient (Wildman–Crippen LogP) is 5.12. The quantitative estimate of drug-likeness (QED) is 0.413.